The Kier molecular flexibility index (Phi) is 6.69. The molecule has 0 radical (unpaired) electrons. The predicted molar refractivity (Wildman–Crippen MR) is 105 cm³/mol. The number of hydrogen-bond donors (Lipinski definition) is 2. The van der Waals surface area contributed by atoms with E-state index in [-0.39, 0.29) is 18.5 Å². The third kappa shape index (κ3) is 5.96. The molecule has 27 heavy (non-hydrogen) atoms. The lowest BCUT2D eigenvalue weighted by atomic mass is 9.88. The molecule has 0 aromatic heterocycles. The van der Waals surface area contributed by atoms with Crippen molar-refractivity contribution < 1.29 is 23.1 Å². The molecule has 0 aliphatic carbocycles. The van der Waals surface area contributed by atoms with Crippen LogP contribution in [0.4, 0.5) is 4.79 Å². The maximum absolute atomic E-state index is 11.9. The first-order chi connectivity index (χ1) is 12.3. The summed E-state index contributed by atoms with van der Waals surface area (Å²) in [6.07, 6.45) is -1.30. The fourth-order valence-corrected chi connectivity index (χ4v) is 3.99. The zero-order chi connectivity index (χ0) is 20.6. The predicted octanol–water partition coefficient (Wildman–Crippen LogP) is 3.38. The first-order valence-corrected chi connectivity index (χ1v) is 11.0. The van der Waals surface area contributed by atoms with Gasteiger partial charge in [0.15, 0.2) is 0 Å². The van der Waals surface area contributed by atoms with Crippen LogP contribution in [-0.2, 0) is 14.8 Å². The number of nitrogens with zero attached hydrogens (tertiary/aromatic N) is 1. The Morgan fingerprint density at radius 2 is 1.89 bits per heavy atom. The first-order valence-electron chi connectivity index (χ1n) is 8.33. The molecule has 1 amide bonds. The lowest BCUT2D eigenvalue weighted by Gasteiger charge is -2.34. The van der Waals surface area contributed by atoms with E-state index in [1.54, 1.807) is 18.2 Å². The van der Waals surface area contributed by atoms with Crippen LogP contribution < -0.4 is 4.72 Å². The van der Waals surface area contributed by atoms with Crippen molar-refractivity contribution in [1.82, 2.24) is 9.62 Å². The molecule has 3 unspecified atom stereocenters. The maximum atomic E-state index is 11.9. The quantitative estimate of drug-likeness (QED) is 0.753. The molecule has 7 nitrogen and oxygen atoms in total. The van der Waals surface area contributed by atoms with Gasteiger partial charge in [0.1, 0.15) is 6.10 Å². The SMILES string of the molecule is CC(C)(C)C1CN(C(=O)O)CC(NS(C)(=O)=O)C(c2ccc(Cl)c(Cl)c2)O1. The van der Waals surface area contributed by atoms with E-state index in [1.807, 2.05) is 20.8 Å². The van der Waals surface area contributed by atoms with E-state index in [2.05, 4.69) is 4.72 Å². The van der Waals surface area contributed by atoms with Crippen LogP contribution in [0, 0.1) is 5.41 Å². The highest BCUT2D eigenvalue weighted by molar-refractivity contribution is 7.88. The second-order valence-electron chi connectivity index (χ2n) is 7.77. The van der Waals surface area contributed by atoms with E-state index in [0.29, 0.717) is 15.6 Å². The molecule has 1 saturated heterocycles. The van der Waals surface area contributed by atoms with Crippen LogP contribution in [0.1, 0.15) is 32.4 Å². The van der Waals surface area contributed by atoms with Gasteiger partial charge in [-0.15, -0.1) is 0 Å². The molecule has 2 N–H and O–H groups in total. The normalized spacial score (nSPS) is 24.5. The van der Waals surface area contributed by atoms with Crippen LogP contribution in [0.5, 0.6) is 0 Å². The molecule has 0 spiro atoms. The van der Waals surface area contributed by atoms with E-state index in [0.717, 1.165) is 6.26 Å². The average molecular weight is 439 g/mol. The third-order valence-corrected chi connectivity index (χ3v) is 5.82. The second-order valence-corrected chi connectivity index (χ2v) is 10.4. The molecule has 1 aliphatic heterocycles. The fraction of sp³-hybridized carbons (Fsp3) is 0.588. The van der Waals surface area contributed by atoms with Crippen molar-refractivity contribution >= 4 is 39.3 Å². The van der Waals surface area contributed by atoms with Crippen molar-refractivity contribution in [3.8, 4) is 0 Å². The van der Waals surface area contributed by atoms with Crippen LogP contribution in [0.15, 0.2) is 18.2 Å². The average Bonchev–Trinajstić information content (AvgIpc) is 2.68. The topological polar surface area (TPSA) is 95.9 Å². The molecule has 10 heteroatoms. The van der Waals surface area contributed by atoms with Gasteiger partial charge in [-0.05, 0) is 23.1 Å². The van der Waals surface area contributed by atoms with E-state index in [9.17, 15) is 18.3 Å². The summed E-state index contributed by atoms with van der Waals surface area (Å²) in [6, 6.07) is 4.10. The van der Waals surface area contributed by atoms with Crippen molar-refractivity contribution in [3.05, 3.63) is 33.8 Å². The summed E-state index contributed by atoms with van der Waals surface area (Å²) >= 11 is 12.1. The summed E-state index contributed by atoms with van der Waals surface area (Å²) in [5.41, 5.74) is 0.245. The minimum Gasteiger partial charge on any atom is -0.465 e. The van der Waals surface area contributed by atoms with Gasteiger partial charge in [-0.1, -0.05) is 50.0 Å². The summed E-state index contributed by atoms with van der Waals surface area (Å²) in [4.78, 5) is 12.9. The molecule has 3 atom stereocenters. The number of nitrogens with one attached hydrogen (secondary N) is 1. The highest BCUT2D eigenvalue weighted by atomic mass is 35.5. The molecular weight excluding hydrogens is 415 g/mol. The summed E-state index contributed by atoms with van der Waals surface area (Å²) in [5.74, 6) is 0. The largest absolute Gasteiger partial charge is 0.465 e. The second kappa shape index (κ2) is 8.13. The van der Waals surface area contributed by atoms with Gasteiger partial charge in [0.05, 0.1) is 35.0 Å². The monoisotopic (exact) mass is 438 g/mol. The standard InChI is InChI=1S/C17H24Cl2N2O5S/c1-17(2,3)14-9-21(16(22)23)8-13(20-27(4,24)25)15(26-14)10-5-6-11(18)12(19)7-10/h5-7,13-15,20H,8-9H2,1-4H3,(H,22,23). The summed E-state index contributed by atoms with van der Waals surface area (Å²) < 4.78 is 32.5. The van der Waals surface area contributed by atoms with Crippen LogP contribution >= 0.6 is 23.2 Å². The van der Waals surface area contributed by atoms with Gasteiger partial charge in [0, 0.05) is 6.54 Å². The molecule has 1 aliphatic rings. The number of rotatable bonds is 3. The number of halogens is 2. The Morgan fingerprint density at radius 3 is 2.37 bits per heavy atom. The number of hydrogen-bond acceptors (Lipinski definition) is 4. The van der Waals surface area contributed by atoms with Gasteiger partial charge < -0.3 is 14.7 Å². The first kappa shape index (κ1) is 22.2. The number of amides is 1. The van der Waals surface area contributed by atoms with E-state index < -0.39 is 34.4 Å². The molecular formula is C17H24Cl2N2O5S. The smallest absolute Gasteiger partial charge is 0.407 e. The highest BCUT2D eigenvalue weighted by Crippen LogP contribution is 2.36. The van der Waals surface area contributed by atoms with Crippen LogP contribution in [-0.4, -0.2) is 56.0 Å². The van der Waals surface area contributed by atoms with Crippen molar-refractivity contribution in [1.29, 1.82) is 0 Å². The highest BCUT2D eigenvalue weighted by Gasteiger charge is 2.40. The minimum absolute atomic E-state index is 0.0557. The van der Waals surface area contributed by atoms with Crippen LogP contribution in [0.3, 0.4) is 0 Å². The zero-order valence-electron chi connectivity index (χ0n) is 15.6. The summed E-state index contributed by atoms with van der Waals surface area (Å²) in [7, 11) is -3.61. The van der Waals surface area contributed by atoms with E-state index >= 15 is 0 Å². The van der Waals surface area contributed by atoms with Crippen molar-refractivity contribution in [3.63, 3.8) is 0 Å². The van der Waals surface area contributed by atoms with Gasteiger partial charge in [0.2, 0.25) is 10.0 Å². The van der Waals surface area contributed by atoms with E-state index in [1.165, 1.54) is 4.90 Å². The molecule has 1 fully saturated rings. The molecule has 152 valence electrons. The van der Waals surface area contributed by atoms with Gasteiger partial charge in [0.25, 0.3) is 0 Å². The van der Waals surface area contributed by atoms with Gasteiger partial charge in [-0.3, -0.25) is 0 Å². The summed E-state index contributed by atoms with van der Waals surface area (Å²) in [5, 5.41) is 10.2. The molecule has 1 aromatic rings. The Labute approximate surface area is 169 Å². The molecule has 1 aromatic carbocycles. The Hall–Kier alpha value is -1.06. The van der Waals surface area contributed by atoms with Crippen LogP contribution in [0.2, 0.25) is 10.0 Å². The Bertz CT molecular complexity index is 810. The summed E-state index contributed by atoms with van der Waals surface area (Å²) in [6.45, 7) is 5.88. The molecule has 1 heterocycles. The van der Waals surface area contributed by atoms with Gasteiger partial charge in [-0.2, -0.15) is 0 Å². The Morgan fingerprint density at radius 1 is 1.26 bits per heavy atom. The molecule has 0 saturated carbocycles. The number of carbonyl (C=O) groups is 1. The van der Waals surface area contributed by atoms with E-state index in [4.69, 9.17) is 27.9 Å². The number of sulfonamides is 1. The van der Waals surface area contributed by atoms with Crippen molar-refractivity contribution in [2.45, 2.75) is 39.0 Å². The maximum Gasteiger partial charge on any atom is 0.407 e. The third-order valence-electron chi connectivity index (χ3n) is 4.35. The number of benzene rings is 1. The molecule has 2 rings (SSSR count). The lowest BCUT2D eigenvalue weighted by molar-refractivity contribution is -0.0683. The molecule has 0 bridgehead atoms. The fourth-order valence-electron chi connectivity index (χ4n) is 2.93. The lowest BCUT2D eigenvalue weighted by Crippen LogP contribution is -2.47. The van der Waals surface area contributed by atoms with Gasteiger partial charge >= 0.3 is 6.09 Å². The van der Waals surface area contributed by atoms with Crippen LogP contribution in [0.25, 0.3) is 0 Å². The van der Waals surface area contributed by atoms with Crippen molar-refractivity contribution in [2.75, 3.05) is 19.3 Å². The minimum atomic E-state index is -3.61. The number of carboxylic acid groups (broad SMARTS) is 1. The Balaban J connectivity index is 2.53. The van der Waals surface area contributed by atoms with Crippen molar-refractivity contribution in [2.24, 2.45) is 5.41 Å². The zero-order valence-corrected chi connectivity index (χ0v) is 17.9. The van der Waals surface area contributed by atoms with Gasteiger partial charge in [-0.25, -0.2) is 17.9 Å². The number of ether oxygens (including phenoxy) is 1.